The molecular weight excluding hydrogens is 319 g/mol. The van der Waals surface area contributed by atoms with Gasteiger partial charge in [-0.05, 0) is 50.1 Å². The minimum atomic E-state index is -0.659. The predicted octanol–water partition coefficient (Wildman–Crippen LogP) is 5.80. The third kappa shape index (κ3) is 4.42. The Labute approximate surface area is 148 Å². The smallest absolute Gasteiger partial charge is 0.259 e. The zero-order chi connectivity index (χ0) is 19.0. The van der Waals surface area contributed by atoms with E-state index in [1.165, 1.54) is 12.1 Å². The summed E-state index contributed by atoms with van der Waals surface area (Å²) in [6.45, 7) is 10.8. The summed E-state index contributed by atoms with van der Waals surface area (Å²) in [7, 11) is 0. The number of nitroso groups, excluding NO2 is 1. The predicted molar refractivity (Wildman–Crippen MR) is 100 cm³/mol. The maximum absolute atomic E-state index is 13.6. The third-order valence-corrected chi connectivity index (χ3v) is 3.75. The Morgan fingerprint density at radius 3 is 2.12 bits per heavy atom. The van der Waals surface area contributed by atoms with Crippen molar-refractivity contribution in [2.24, 2.45) is 0 Å². The average Bonchev–Trinajstić information content (AvgIpc) is 2.51. The van der Waals surface area contributed by atoms with Crippen LogP contribution in [0, 0.1) is 15.9 Å². The molecule has 0 bridgehead atoms. The Balaban J connectivity index is 2.66. The van der Waals surface area contributed by atoms with Gasteiger partial charge in [-0.1, -0.05) is 12.1 Å². The molecule has 0 aromatic heterocycles. The second-order valence-electron chi connectivity index (χ2n) is 8.18. The van der Waals surface area contributed by atoms with Crippen molar-refractivity contribution < 1.29 is 9.15 Å². The van der Waals surface area contributed by atoms with Crippen molar-refractivity contribution in [3.63, 3.8) is 0 Å². The average molecular weight is 344 g/mol. The van der Waals surface area contributed by atoms with Gasteiger partial charge in [-0.25, -0.2) is 4.39 Å². The Hall–Kier alpha value is -2.27. The van der Waals surface area contributed by atoms with Gasteiger partial charge < -0.3 is 10.3 Å². The zero-order valence-corrected chi connectivity index (χ0v) is 15.6. The third-order valence-electron chi connectivity index (χ3n) is 3.75. The monoisotopic (exact) mass is 344 g/mol. The molecule has 2 aromatic carbocycles. The summed E-state index contributed by atoms with van der Waals surface area (Å²) < 4.78 is 14.5. The molecule has 0 aliphatic heterocycles. The first-order valence-corrected chi connectivity index (χ1v) is 8.25. The van der Waals surface area contributed by atoms with Crippen LogP contribution in [-0.4, -0.2) is 15.8 Å². The SMILES string of the molecule is CC(C)(C)N([O-])c1cc(-c2cccc(F)c2)cc([N+](=O)C(C)(C)C)c1. The molecule has 0 fully saturated rings. The number of anilines is 1. The molecule has 0 spiro atoms. The number of benzene rings is 2. The van der Waals surface area contributed by atoms with Gasteiger partial charge in [0.1, 0.15) is 5.82 Å². The van der Waals surface area contributed by atoms with E-state index in [0.717, 1.165) is 9.82 Å². The maximum Gasteiger partial charge on any atom is 0.259 e. The van der Waals surface area contributed by atoms with Crippen molar-refractivity contribution in [3.8, 4) is 11.1 Å². The van der Waals surface area contributed by atoms with Crippen LogP contribution in [-0.2, 0) is 0 Å². The second kappa shape index (κ2) is 6.56. The molecule has 0 aliphatic carbocycles. The molecule has 5 heteroatoms. The van der Waals surface area contributed by atoms with E-state index in [1.54, 1.807) is 71.9 Å². The van der Waals surface area contributed by atoms with Gasteiger partial charge in [0.2, 0.25) is 5.54 Å². The summed E-state index contributed by atoms with van der Waals surface area (Å²) in [6.07, 6.45) is 0. The highest BCUT2D eigenvalue weighted by Gasteiger charge is 2.32. The van der Waals surface area contributed by atoms with Crippen LogP contribution in [0.15, 0.2) is 42.5 Å². The summed E-state index contributed by atoms with van der Waals surface area (Å²) in [5.74, 6) is -0.367. The standard InChI is InChI=1S/C20H25FN2O2/c1-19(2,3)22(24)17-11-15(14-8-7-9-16(21)10-14)12-18(13-17)23(25)20(4,5)6/h7-13H,1-6H3. The molecular formula is C20H25FN2O2. The van der Waals surface area contributed by atoms with E-state index in [1.807, 2.05) is 0 Å². The molecule has 0 radical (unpaired) electrons. The number of hydrogen-bond acceptors (Lipinski definition) is 3. The number of nitrogens with zero attached hydrogens (tertiary/aromatic N) is 2. The van der Waals surface area contributed by atoms with Crippen LogP contribution in [0.1, 0.15) is 41.5 Å². The Morgan fingerprint density at radius 1 is 0.960 bits per heavy atom. The maximum atomic E-state index is 13.6. The number of rotatable bonds is 3. The number of hydroxylamine groups is 1. The summed E-state index contributed by atoms with van der Waals surface area (Å²) >= 11 is 0. The summed E-state index contributed by atoms with van der Waals surface area (Å²) in [5, 5.41) is 13.5. The van der Waals surface area contributed by atoms with E-state index in [-0.39, 0.29) is 5.82 Å². The van der Waals surface area contributed by atoms with Crippen molar-refractivity contribution in [3.05, 3.63) is 58.4 Å². The highest BCUT2D eigenvalue weighted by atomic mass is 19.1. The minimum absolute atomic E-state index is 0.367. The summed E-state index contributed by atoms with van der Waals surface area (Å²) in [6, 6.07) is 11.1. The molecule has 0 N–H and O–H groups in total. The van der Waals surface area contributed by atoms with Crippen molar-refractivity contribution >= 4 is 11.4 Å². The van der Waals surface area contributed by atoms with Crippen molar-refractivity contribution in [1.29, 1.82) is 0 Å². The van der Waals surface area contributed by atoms with Gasteiger partial charge in [0.25, 0.3) is 5.69 Å². The molecule has 2 rings (SSSR count). The van der Waals surface area contributed by atoms with Crippen LogP contribution in [0.5, 0.6) is 0 Å². The van der Waals surface area contributed by atoms with Crippen LogP contribution in [0.25, 0.3) is 11.1 Å². The van der Waals surface area contributed by atoms with Gasteiger partial charge in [0.05, 0.1) is 0 Å². The molecule has 0 saturated heterocycles. The van der Waals surface area contributed by atoms with Gasteiger partial charge >= 0.3 is 0 Å². The van der Waals surface area contributed by atoms with E-state index in [9.17, 15) is 14.5 Å². The fourth-order valence-corrected chi connectivity index (χ4v) is 2.44. The van der Waals surface area contributed by atoms with Crippen LogP contribution in [0.2, 0.25) is 0 Å². The number of hydrogen-bond donors (Lipinski definition) is 0. The van der Waals surface area contributed by atoms with Gasteiger partial charge in [0.15, 0.2) is 0 Å². The normalized spacial score (nSPS) is 12.2. The minimum Gasteiger partial charge on any atom is -0.758 e. The molecule has 0 atom stereocenters. The van der Waals surface area contributed by atoms with Crippen molar-refractivity contribution in [2.45, 2.75) is 52.6 Å². The fraction of sp³-hybridized carbons (Fsp3) is 0.400. The largest absolute Gasteiger partial charge is 0.758 e. The fourth-order valence-electron chi connectivity index (χ4n) is 2.44. The second-order valence-corrected chi connectivity index (χ2v) is 8.18. The molecule has 0 amide bonds. The van der Waals surface area contributed by atoms with Crippen molar-refractivity contribution in [2.75, 3.05) is 5.06 Å². The lowest BCUT2D eigenvalue weighted by Crippen LogP contribution is -2.36. The van der Waals surface area contributed by atoms with E-state index >= 15 is 0 Å². The zero-order valence-electron chi connectivity index (χ0n) is 15.6. The van der Waals surface area contributed by atoms with E-state index in [2.05, 4.69) is 0 Å². The van der Waals surface area contributed by atoms with Crippen LogP contribution in [0.3, 0.4) is 0 Å². The Bertz CT molecular complexity index is 789. The van der Waals surface area contributed by atoms with Gasteiger partial charge in [-0.3, -0.25) is 0 Å². The van der Waals surface area contributed by atoms with E-state index in [0.29, 0.717) is 22.5 Å². The first-order valence-electron chi connectivity index (χ1n) is 8.25. The molecule has 2 aromatic rings. The molecule has 0 unspecified atom stereocenters. The Kier molecular flexibility index (Phi) is 5.00. The lowest BCUT2D eigenvalue weighted by molar-refractivity contribution is -0.540. The van der Waals surface area contributed by atoms with Gasteiger partial charge in [-0.2, -0.15) is 0 Å². The summed E-state index contributed by atoms with van der Waals surface area (Å²) in [4.78, 5) is 12.7. The molecule has 25 heavy (non-hydrogen) atoms. The lowest BCUT2D eigenvalue weighted by Gasteiger charge is -2.43. The van der Waals surface area contributed by atoms with Crippen LogP contribution >= 0.6 is 0 Å². The first-order chi connectivity index (χ1) is 11.4. The number of halogens is 1. The highest BCUT2D eigenvalue weighted by Crippen LogP contribution is 2.34. The molecule has 134 valence electrons. The molecule has 0 aliphatic rings. The Morgan fingerprint density at radius 2 is 1.60 bits per heavy atom. The van der Waals surface area contributed by atoms with Crippen LogP contribution in [0.4, 0.5) is 15.8 Å². The molecule has 0 heterocycles. The lowest BCUT2D eigenvalue weighted by atomic mass is 10.0. The van der Waals surface area contributed by atoms with Gasteiger partial charge in [0, 0.05) is 53.8 Å². The first kappa shape index (κ1) is 19.1. The van der Waals surface area contributed by atoms with Crippen molar-refractivity contribution in [1.82, 2.24) is 0 Å². The van der Waals surface area contributed by atoms with E-state index in [4.69, 9.17) is 0 Å². The topological polar surface area (TPSA) is 46.4 Å². The van der Waals surface area contributed by atoms with Crippen LogP contribution < -0.4 is 5.06 Å². The highest BCUT2D eigenvalue weighted by molar-refractivity contribution is 5.73. The quantitative estimate of drug-likeness (QED) is 0.522. The summed E-state index contributed by atoms with van der Waals surface area (Å²) in [5.41, 5.74) is 0.666. The molecule has 4 nitrogen and oxygen atoms in total. The van der Waals surface area contributed by atoms with Gasteiger partial charge in [-0.15, -0.1) is 0 Å². The molecule has 0 saturated carbocycles. The van der Waals surface area contributed by atoms with E-state index < -0.39 is 11.1 Å².